The second-order valence-electron chi connectivity index (χ2n) is 9.86. The summed E-state index contributed by atoms with van der Waals surface area (Å²) in [7, 11) is 0. The molecule has 1 saturated heterocycles. The monoisotopic (exact) mass is 512 g/mol. The van der Waals surface area contributed by atoms with E-state index in [1.165, 1.54) is 30.5 Å². The molecule has 2 aliphatic rings. The summed E-state index contributed by atoms with van der Waals surface area (Å²) in [6.07, 6.45) is 4.86. The zero-order valence-corrected chi connectivity index (χ0v) is 21.4. The number of hydrogen-bond acceptors (Lipinski definition) is 3. The first-order valence-corrected chi connectivity index (χ1v) is 13.2. The third-order valence-corrected chi connectivity index (χ3v) is 8.03. The Kier molecular flexibility index (Phi) is 6.31. The lowest BCUT2D eigenvalue weighted by Gasteiger charge is -2.29. The Bertz CT molecular complexity index is 1440. The molecule has 0 unspecified atom stereocenters. The number of hydrogen-bond donors (Lipinski definition) is 1. The highest BCUT2D eigenvalue weighted by Crippen LogP contribution is 2.36. The molecule has 4 aromatic rings. The fourth-order valence-corrected chi connectivity index (χ4v) is 5.44. The zero-order chi connectivity index (χ0) is 24.6. The Hall–Kier alpha value is -3.10. The molecule has 6 heteroatoms. The molecule has 0 atom stereocenters. The highest BCUT2D eigenvalue weighted by atomic mass is 35.5. The number of likely N-dealkylation sites (tertiary alicyclic amines) is 1. The molecule has 4 nitrogen and oxygen atoms in total. The number of imidazole rings is 1. The number of nitriles is 1. The van der Waals surface area contributed by atoms with Gasteiger partial charge in [-0.2, -0.15) is 5.26 Å². The first-order chi connectivity index (χ1) is 17.6. The maximum absolute atomic E-state index is 9.09. The molecule has 3 aromatic carbocycles. The van der Waals surface area contributed by atoms with Gasteiger partial charge in [-0.3, -0.25) is 0 Å². The van der Waals surface area contributed by atoms with Gasteiger partial charge in [0.25, 0.3) is 0 Å². The van der Waals surface area contributed by atoms with Gasteiger partial charge in [-0.25, -0.2) is 4.98 Å². The standard InChI is InChI=1S/C30H26Cl2N4/c31-25-15-27-28(16-26(25)32)35-30(34-27)29(24-11-13-36(14-12-24)18-20-1-2-20)23-9-7-22(8-10-23)21-5-3-19(17-33)4-6-21/h3-10,15-16,20H,1-2,11-14,18H2,(H,34,35). The maximum Gasteiger partial charge on any atom is 0.139 e. The Labute approximate surface area is 221 Å². The topological polar surface area (TPSA) is 55.7 Å². The van der Waals surface area contributed by atoms with E-state index < -0.39 is 0 Å². The summed E-state index contributed by atoms with van der Waals surface area (Å²) in [6, 6.07) is 22.2. The molecule has 0 spiro atoms. The number of rotatable bonds is 5. The van der Waals surface area contributed by atoms with Crippen molar-refractivity contribution in [1.29, 1.82) is 5.26 Å². The van der Waals surface area contributed by atoms with Gasteiger partial charge >= 0.3 is 0 Å². The summed E-state index contributed by atoms with van der Waals surface area (Å²) in [6.45, 7) is 3.43. The Morgan fingerprint density at radius 3 is 2.22 bits per heavy atom. The molecule has 1 saturated carbocycles. The van der Waals surface area contributed by atoms with E-state index in [-0.39, 0.29) is 0 Å². The molecule has 180 valence electrons. The van der Waals surface area contributed by atoms with Crippen molar-refractivity contribution in [3.63, 3.8) is 0 Å². The third kappa shape index (κ3) is 4.80. The van der Waals surface area contributed by atoms with E-state index in [0.717, 1.165) is 65.4 Å². The van der Waals surface area contributed by atoms with E-state index in [2.05, 4.69) is 40.2 Å². The first-order valence-electron chi connectivity index (χ1n) is 12.5. The van der Waals surface area contributed by atoms with Gasteiger partial charge in [-0.05, 0) is 72.6 Å². The molecular weight excluding hydrogens is 487 g/mol. The highest BCUT2D eigenvalue weighted by Gasteiger charge is 2.27. The second-order valence-corrected chi connectivity index (χ2v) is 10.7. The van der Waals surface area contributed by atoms with Crippen LogP contribution < -0.4 is 0 Å². The lowest BCUT2D eigenvalue weighted by molar-refractivity contribution is 0.247. The number of nitrogens with one attached hydrogen (secondary N) is 1. The van der Waals surface area contributed by atoms with Crippen LogP contribution in [-0.4, -0.2) is 34.5 Å². The molecule has 1 N–H and O–H groups in total. The first kappa shape index (κ1) is 23.3. The minimum Gasteiger partial charge on any atom is -0.338 e. The van der Waals surface area contributed by atoms with E-state index in [9.17, 15) is 0 Å². The molecule has 0 amide bonds. The van der Waals surface area contributed by atoms with Gasteiger partial charge in [-0.15, -0.1) is 0 Å². The number of piperidine rings is 1. The number of nitrogens with zero attached hydrogens (tertiary/aromatic N) is 3. The predicted molar refractivity (Wildman–Crippen MR) is 147 cm³/mol. The lowest BCUT2D eigenvalue weighted by atomic mass is 9.91. The van der Waals surface area contributed by atoms with Crippen molar-refractivity contribution in [3.8, 4) is 17.2 Å². The molecule has 36 heavy (non-hydrogen) atoms. The van der Waals surface area contributed by atoms with Gasteiger partial charge in [-0.1, -0.05) is 65.2 Å². The van der Waals surface area contributed by atoms with Crippen LogP contribution in [0.4, 0.5) is 0 Å². The van der Waals surface area contributed by atoms with Crippen molar-refractivity contribution in [1.82, 2.24) is 14.9 Å². The summed E-state index contributed by atoms with van der Waals surface area (Å²) < 4.78 is 0. The van der Waals surface area contributed by atoms with Crippen LogP contribution in [0.2, 0.25) is 10.0 Å². The van der Waals surface area contributed by atoms with Gasteiger partial charge in [0.1, 0.15) is 5.82 Å². The van der Waals surface area contributed by atoms with Crippen LogP contribution in [0, 0.1) is 17.2 Å². The minimum atomic E-state index is 0.511. The van der Waals surface area contributed by atoms with Crippen LogP contribution in [0.15, 0.2) is 66.2 Å². The van der Waals surface area contributed by atoms with Gasteiger partial charge < -0.3 is 9.88 Å². The molecule has 2 heterocycles. The van der Waals surface area contributed by atoms with E-state index in [1.54, 1.807) is 0 Å². The van der Waals surface area contributed by atoms with Gasteiger partial charge in [0.15, 0.2) is 0 Å². The smallest absolute Gasteiger partial charge is 0.139 e. The fourth-order valence-electron chi connectivity index (χ4n) is 5.12. The largest absolute Gasteiger partial charge is 0.338 e. The molecule has 1 aliphatic carbocycles. The maximum atomic E-state index is 9.09. The van der Waals surface area contributed by atoms with E-state index in [0.29, 0.717) is 15.6 Å². The summed E-state index contributed by atoms with van der Waals surface area (Å²) in [5.41, 5.74) is 8.34. The minimum absolute atomic E-state index is 0.511. The van der Waals surface area contributed by atoms with Gasteiger partial charge in [0.05, 0.1) is 32.7 Å². The highest BCUT2D eigenvalue weighted by molar-refractivity contribution is 6.42. The molecule has 0 radical (unpaired) electrons. The van der Waals surface area contributed by atoms with Crippen molar-refractivity contribution in [2.75, 3.05) is 19.6 Å². The number of H-pyrrole nitrogens is 1. The molecule has 1 aliphatic heterocycles. The van der Waals surface area contributed by atoms with Gasteiger partial charge in [0, 0.05) is 25.2 Å². The van der Waals surface area contributed by atoms with Crippen molar-refractivity contribution >= 4 is 39.8 Å². The molecule has 6 rings (SSSR count). The van der Waals surface area contributed by atoms with E-state index in [4.69, 9.17) is 33.4 Å². The van der Waals surface area contributed by atoms with Crippen molar-refractivity contribution in [3.05, 3.63) is 93.2 Å². The van der Waals surface area contributed by atoms with Crippen molar-refractivity contribution < 1.29 is 0 Å². The van der Waals surface area contributed by atoms with Crippen LogP contribution in [0.3, 0.4) is 0 Å². The van der Waals surface area contributed by atoms with E-state index in [1.807, 2.05) is 36.4 Å². The average Bonchev–Trinajstić information content (AvgIpc) is 3.64. The zero-order valence-electron chi connectivity index (χ0n) is 19.9. The van der Waals surface area contributed by atoms with Crippen LogP contribution in [0.1, 0.15) is 42.6 Å². The van der Waals surface area contributed by atoms with Crippen LogP contribution in [0.5, 0.6) is 0 Å². The number of benzene rings is 3. The Morgan fingerprint density at radius 2 is 1.58 bits per heavy atom. The number of halogens is 2. The SMILES string of the molecule is N#Cc1ccc(-c2ccc(C(=C3CCN(CC4CC4)CC3)c3nc4cc(Cl)c(Cl)cc4[nH]3)cc2)cc1. The number of aromatic nitrogens is 2. The molecule has 2 fully saturated rings. The van der Waals surface area contributed by atoms with Crippen LogP contribution in [-0.2, 0) is 0 Å². The lowest BCUT2D eigenvalue weighted by Crippen LogP contribution is -2.32. The fraction of sp³-hybridized carbons (Fsp3) is 0.267. The Morgan fingerprint density at radius 1 is 0.944 bits per heavy atom. The number of fused-ring (bicyclic) bond motifs is 1. The quantitative estimate of drug-likeness (QED) is 0.297. The van der Waals surface area contributed by atoms with Gasteiger partial charge in [0.2, 0.25) is 0 Å². The summed E-state index contributed by atoms with van der Waals surface area (Å²) in [4.78, 5) is 11.1. The molecule has 1 aromatic heterocycles. The summed E-state index contributed by atoms with van der Waals surface area (Å²) in [5, 5.41) is 10.1. The average molecular weight is 513 g/mol. The Balaban J connectivity index is 1.37. The molecule has 0 bridgehead atoms. The predicted octanol–water partition coefficient (Wildman–Crippen LogP) is 7.72. The van der Waals surface area contributed by atoms with Crippen LogP contribution in [0.25, 0.3) is 27.7 Å². The van der Waals surface area contributed by atoms with E-state index >= 15 is 0 Å². The molecular formula is C30H26Cl2N4. The second kappa shape index (κ2) is 9.75. The third-order valence-electron chi connectivity index (χ3n) is 7.31. The van der Waals surface area contributed by atoms with Crippen molar-refractivity contribution in [2.45, 2.75) is 25.7 Å². The van der Waals surface area contributed by atoms with Crippen LogP contribution >= 0.6 is 23.2 Å². The number of aromatic amines is 1. The summed E-state index contributed by atoms with van der Waals surface area (Å²) in [5.74, 6) is 1.77. The van der Waals surface area contributed by atoms with Crippen molar-refractivity contribution in [2.24, 2.45) is 5.92 Å². The normalized spacial score (nSPS) is 16.3. The summed E-state index contributed by atoms with van der Waals surface area (Å²) >= 11 is 12.6.